The van der Waals surface area contributed by atoms with Gasteiger partial charge in [-0.3, -0.25) is 0 Å². The minimum absolute atomic E-state index is 0.0318. The maximum absolute atomic E-state index is 11.1. The summed E-state index contributed by atoms with van der Waals surface area (Å²) in [5.41, 5.74) is 6.05. The van der Waals surface area contributed by atoms with Crippen LogP contribution >= 0.6 is 0 Å². The maximum Gasteiger partial charge on any atom is 0.212 e. The Bertz CT molecular complexity index is 346. The molecule has 14 heavy (non-hydrogen) atoms. The van der Waals surface area contributed by atoms with Gasteiger partial charge in [-0.2, -0.15) is 0 Å². The fourth-order valence-corrected chi connectivity index (χ4v) is 1.86. The average molecular weight is 218 g/mol. The highest BCUT2D eigenvalue weighted by atomic mass is 32.2. The van der Waals surface area contributed by atoms with Crippen LogP contribution in [0.5, 0.6) is 0 Å². The molecule has 1 aromatic rings. The van der Waals surface area contributed by atoms with Gasteiger partial charge >= 0.3 is 0 Å². The summed E-state index contributed by atoms with van der Waals surface area (Å²) >= 11 is 0. The second kappa shape index (κ2) is 5.08. The van der Waals surface area contributed by atoms with E-state index in [1.807, 2.05) is 0 Å². The molecule has 0 saturated heterocycles. The zero-order valence-corrected chi connectivity index (χ0v) is 8.55. The molecule has 6 nitrogen and oxygen atoms in total. The zero-order chi connectivity index (χ0) is 10.4. The van der Waals surface area contributed by atoms with Gasteiger partial charge in [0.25, 0.3) is 0 Å². The molecule has 0 fully saturated rings. The zero-order valence-electron chi connectivity index (χ0n) is 7.73. The van der Waals surface area contributed by atoms with Crippen LogP contribution in [0.4, 0.5) is 0 Å². The lowest BCUT2D eigenvalue weighted by Crippen LogP contribution is -2.31. The molecule has 0 aliphatic carbocycles. The first-order valence-corrected chi connectivity index (χ1v) is 5.94. The Kier molecular flexibility index (Phi) is 4.05. The third kappa shape index (κ3) is 3.86. The third-order valence-electron chi connectivity index (χ3n) is 1.66. The smallest absolute Gasteiger partial charge is 0.212 e. The summed E-state index contributed by atoms with van der Waals surface area (Å²) in [7, 11) is -3.19. The molecule has 0 radical (unpaired) electrons. The number of nitrogens with two attached hydrogens (primary N) is 1. The fourth-order valence-electron chi connectivity index (χ4n) is 0.990. The summed E-state index contributed by atoms with van der Waals surface area (Å²) in [4.78, 5) is 6.71. The Morgan fingerprint density at radius 3 is 2.93 bits per heavy atom. The van der Waals surface area contributed by atoms with Crippen molar-refractivity contribution in [2.75, 3.05) is 18.8 Å². The molecule has 7 heteroatoms. The van der Waals surface area contributed by atoms with Gasteiger partial charge in [0.1, 0.15) is 0 Å². The summed E-state index contributed by atoms with van der Waals surface area (Å²) in [5.74, 6) is -0.0318. The minimum Gasteiger partial charge on any atom is -0.348 e. The van der Waals surface area contributed by atoms with Gasteiger partial charge in [0, 0.05) is 31.4 Å². The van der Waals surface area contributed by atoms with E-state index < -0.39 is 10.0 Å². The molecule has 0 aliphatic rings. The number of hydrogen-bond donors (Lipinski definition) is 3. The Morgan fingerprint density at radius 1 is 1.57 bits per heavy atom. The topological polar surface area (TPSA) is 101 Å². The number of H-pyrrole nitrogens is 1. The van der Waals surface area contributed by atoms with E-state index >= 15 is 0 Å². The van der Waals surface area contributed by atoms with Gasteiger partial charge in [0.2, 0.25) is 10.0 Å². The number of rotatable bonds is 6. The molecule has 0 unspecified atom stereocenters. The normalized spacial score (nSPS) is 11.8. The molecule has 0 spiro atoms. The number of nitrogens with one attached hydrogen (secondary N) is 2. The van der Waals surface area contributed by atoms with Gasteiger partial charge < -0.3 is 10.7 Å². The van der Waals surface area contributed by atoms with Crippen LogP contribution in [0.1, 0.15) is 5.69 Å². The Labute approximate surface area is 83.0 Å². The van der Waals surface area contributed by atoms with Crippen molar-refractivity contribution in [2.45, 2.75) is 6.42 Å². The predicted molar refractivity (Wildman–Crippen MR) is 53.1 cm³/mol. The van der Waals surface area contributed by atoms with Gasteiger partial charge in [-0.25, -0.2) is 18.1 Å². The quantitative estimate of drug-likeness (QED) is 0.560. The molecular weight excluding hydrogens is 204 g/mol. The van der Waals surface area contributed by atoms with Crippen LogP contribution in [0.2, 0.25) is 0 Å². The van der Waals surface area contributed by atoms with Crippen molar-refractivity contribution < 1.29 is 8.42 Å². The van der Waals surface area contributed by atoms with Gasteiger partial charge in [-0.05, 0) is 0 Å². The summed E-state index contributed by atoms with van der Waals surface area (Å²) < 4.78 is 24.7. The summed E-state index contributed by atoms with van der Waals surface area (Å²) in [6, 6.07) is 0. The van der Waals surface area contributed by atoms with Gasteiger partial charge in [-0.15, -0.1) is 0 Å². The van der Waals surface area contributed by atoms with Crippen molar-refractivity contribution in [1.29, 1.82) is 0 Å². The molecule has 0 aromatic carbocycles. The third-order valence-corrected chi connectivity index (χ3v) is 3.07. The van der Waals surface area contributed by atoms with Crippen molar-refractivity contribution in [3.05, 3.63) is 18.2 Å². The van der Waals surface area contributed by atoms with Crippen LogP contribution in [0, 0.1) is 0 Å². The molecule has 0 bridgehead atoms. The van der Waals surface area contributed by atoms with Gasteiger partial charge in [-0.1, -0.05) is 0 Å². The first-order valence-electron chi connectivity index (χ1n) is 4.29. The molecular formula is C7H14N4O2S. The highest BCUT2D eigenvalue weighted by Crippen LogP contribution is 1.91. The fraction of sp³-hybridized carbons (Fsp3) is 0.571. The van der Waals surface area contributed by atoms with Crippen molar-refractivity contribution in [3.8, 4) is 0 Å². The van der Waals surface area contributed by atoms with Gasteiger partial charge in [0.15, 0.2) is 0 Å². The number of aromatic nitrogens is 2. The molecule has 1 rings (SSSR count). The van der Waals surface area contributed by atoms with E-state index in [0.717, 1.165) is 5.69 Å². The van der Waals surface area contributed by atoms with E-state index in [-0.39, 0.29) is 12.3 Å². The standard InChI is InChI=1S/C7H14N4O2S/c8-2-4-14(12,13)11-3-1-7-5-9-6-10-7/h5-6,11H,1-4,8H2,(H,9,10). The van der Waals surface area contributed by atoms with E-state index in [0.29, 0.717) is 13.0 Å². The number of aromatic amines is 1. The lowest BCUT2D eigenvalue weighted by molar-refractivity contribution is 0.581. The first kappa shape index (κ1) is 11.2. The molecule has 80 valence electrons. The molecule has 0 saturated carbocycles. The Morgan fingerprint density at radius 2 is 2.36 bits per heavy atom. The van der Waals surface area contributed by atoms with E-state index in [4.69, 9.17) is 5.73 Å². The SMILES string of the molecule is NCCS(=O)(=O)NCCc1cnc[nH]1. The van der Waals surface area contributed by atoms with Crippen molar-refractivity contribution in [2.24, 2.45) is 5.73 Å². The van der Waals surface area contributed by atoms with Crippen LogP contribution in [0.25, 0.3) is 0 Å². The molecule has 1 aromatic heterocycles. The number of hydrogen-bond acceptors (Lipinski definition) is 4. The van der Waals surface area contributed by atoms with Crippen LogP contribution < -0.4 is 10.5 Å². The second-order valence-electron chi connectivity index (χ2n) is 2.83. The summed E-state index contributed by atoms with van der Waals surface area (Å²) in [6.07, 6.45) is 3.82. The number of sulfonamides is 1. The summed E-state index contributed by atoms with van der Waals surface area (Å²) in [6.45, 7) is 0.504. The lowest BCUT2D eigenvalue weighted by Gasteiger charge is -2.03. The molecule has 0 aliphatic heterocycles. The van der Waals surface area contributed by atoms with Crippen LogP contribution in [0.3, 0.4) is 0 Å². The van der Waals surface area contributed by atoms with Crippen molar-refractivity contribution >= 4 is 10.0 Å². The average Bonchev–Trinajstić information content (AvgIpc) is 2.56. The minimum atomic E-state index is -3.19. The van der Waals surface area contributed by atoms with Crippen LogP contribution in [0.15, 0.2) is 12.5 Å². The van der Waals surface area contributed by atoms with Crippen LogP contribution in [-0.2, 0) is 16.4 Å². The van der Waals surface area contributed by atoms with Crippen molar-refractivity contribution in [1.82, 2.24) is 14.7 Å². The number of imidazole rings is 1. The van der Waals surface area contributed by atoms with Crippen LogP contribution in [-0.4, -0.2) is 37.2 Å². The monoisotopic (exact) mass is 218 g/mol. The summed E-state index contributed by atoms with van der Waals surface area (Å²) in [5, 5.41) is 0. The van der Waals surface area contributed by atoms with E-state index in [1.54, 1.807) is 12.5 Å². The maximum atomic E-state index is 11.1. The number of nitrogens with zero attached hydrogens (tertiary/aromatic N) is 1. The van der Waals surface area contributed by atoms with E-state index in [2.05, 4.69) is 14.7 Å². The molecule has 0 atom stereocenters. The Balaban J connectivity index is 2.28. The molecule has 0 amide bonds. The Hall–Kier alpha value is -0.920. The molecule has 4 N–H and O–H groups in total. The van der Waals surface area contributed by atoms with Crippen molar-refractivity contribution in [3.63, 3.8) is 0 Å². The first-order chi connectivity index (χ1) is 6.64. The highest BCUT2D eigenvalue weighted by molar-refractivity contribution is 7.89. The highest BCUT2D eigenvalue weighted by Gasteiger charge is 2.07. The second-order valence-corrected chi connectivity index (χ2v) is 4.76. The largest absolute Gasteiger partial charge is 0.348 e. The van der Waals surface area contributed by atoms with E-state index in [1.165, 1.54) is 0 Å². The van der Waals surface area contributed by atoms with E-state index in [9.17, 15) is 8.42 Å². The van der Waals surface area contributed by atoms with Gasteiger partial charge in [0.05, 0.1) is 12.1 Å². The predicted octanol–water partition coefficient (Wildman–Crippen LogP) is -1.17. The molecule has 1 heterocycles. The lowest BCUT2D eigenvalue weighted by atomic mass is 10.3.